The van der Waals surface area contributed by atoms with Gasteiger partial charge in [0.2, 0.25) is 0 Å². The largest absolute Gasteiger partial charge is 0.382 e. The molecule has 0 aromatic carbocycles. The Kier molecular flexibility index (Phi) is 4.54. The highest BCUT2D eigenvalue weighted by Crippen LogP contribution is 2.37. The topological polar surface area (TPSA) is 53.1 Å². The van der Waals surface area contributed by atoms with Gasteiger partial charge in [-0.25, -0.2) is 0 Å². The molecule has 0 amide bonds. The summed E-state index contributed by atoms with van der Waals surface area (Å²) in [6.45, 7) is 3.47. The first-order chi connectivity index (χ1) is 11.8. The number of aromatic nitrogens is 1. The van der Waals surface area contributed by atoms with E-state index in [0.29, 0.717) is 26.6 Å². The zero-order valence-corrected chi connectivity index (χ0v) is 14.1. The Balaban J connectivity index is 1.40. The Labute approximate surface area is 142 Å². The van der Waals surface area contributed by atoms with Crippen LogP contribution in [0.1, 0.15) is 25.0 Å². The summed E-state index contributed by atoms with van der Waals surface area (Å²) in [6, 6.07) is 4.22. The van der Waals surface area contributed by atoms with E-state index < -0.39 is 0 Å². The lowest BCUT2D eigenvalue weighted by Gasteiger charge is -2.30. The van der Waals surface area contributed by atoms with Gasteiger partial charge in [0.1, 0.15) is 12.8 Å². The van der Waals surface area contributed by atoms with Crippen molar-refractivity contribution >= 4 is 11.3 Å². The second kappa shape index (κ2) is 6.80. The monoisotopic (exact) mass is 332 g/mol. The van der Waals surface area contributed by atoms with Gasteiger partial charge < -0.3 is 23.8 Å². The summed E-state index contributed by atoms with van der Waals surface area (Å²) in [6.07, 6.45) is 6.94. The van der Waals surface area contributed by atoms with Gasteiger partial charge in [-0.1, -0.05) is 6.08 Å². The van der Waals surface area contributed by atoms with Crippen molar-refractivity contribution in [2.45, 2.75) is 31.2 Å². The van der Waals surface area contributed by atoms with Gasteiger partial charge in [0.25, 0.3) is 0 Å². The fourth-order valence-electron chi connectivity index (χ4n) is 3.58. The average Bonchev–Trinajstić information content (AvgIpc) is 3.27. The number of hydrogen-bond acceptors (Lipinski definition) is 6. The van der Waals surface area contributed by atoms with Crippen LogP contribution in [0.4, 0.5) is 5.69 Å². The molecular formula is C18H24N2O4. The third-order valence-corrected chi connectivity index (χ3v) is 4.93. The van der Waals surface area contributed by atoms with E-state index in [-0.39, 0.29) is 11.9 Å². The number of ether oxygens (including phenoxy) is 4. The molecule has 130 valence electrons. The maximum absolute atomic E-state index is 5.76. The predicted octanol–water partition coefficient (Wildman–Crippen LogP) is 2.20. The second-order valence-electron chi connectivity index (χ2n) is 6.54. The van der Waals surface area contributed by atoms with Crippen molar-refractivity contribution in [2.24, 2.45) is 0 Å². The quantitative estimate of drug-likeness (QED) is 0.842. The first-order valence-electron chi connectivity index (χ1n) is 8.57. The summed E-state index contributed by atoms with van der Waals surface area (Å²) < 4.78 is 22.4. The molecule has 0 N–H and O–H groups in total. The van der Waals surface area contributed by atoms with Crippen LogP contribution in [0.15, 0.2) is 24.4 Å². The van der Waals surface area contributed by atoms with Crippen LogP contribution in [-0.2, 0) is 18.9 Å². The van der Waals surface area contributed by atoms with Gasteiger partial charge in [-0.2, -0.15) is 0 Å². The molecule has 0 saturated carbocycles. The number of pyridine rings is 1. The molecule has 4 rings (SSSR count). The summed E-state index contributed by atoms with van der Waals surface area (Å²) in [5, 5.41) is 0. The highest BCUT2D eigenvalue weighted by molar-refractivity contribution is 5.65. The van der Waals surface area contributed by atoms with E-state index in [9.17, 15) is 0 Å². The SMILES string of the molecule is COCC1CN(c2ccc(C3=CCC4(CC3)OCCO4)nc2)CO1. The van der Waals surface area contributed by atoms with Crippen molar-refractivity contribution in [3.63, 3.8) is 0 Å². The molecule has 2 aliphatic heterocycles. The third kappa shape index (κ3) is 3.19. The lowest BCUT2D eigenvalue weighted by molar-refractivity contribution is -0.159. The molecule has 1 aliphatic carbocycles. The number of anilines is 1. The normalized spacial score (nSPS) is 26.1. The molecule has 1 aromatic rings. The molecule has 2 fully saturated rings. The molecule has 2 saturated heterocycles. The first kappa shape index (κ1) is 16.0. The molecule has 24 heavy (non-hydrogen) atoms. The van der Waals surface area contributed by atoms with Crippen molar-refractivity contribution in [1.29, 1.82) is 0 Å². The van der Waals surface area contributed by atoms with E-state index in [1.807, 2.05) is 6.20 Å². The zero-order valence-electron chi connectivity index (χ0n) is 14.1. The number of hydrogen-bond donors (Lipinski definition) is 0. The molecule has 1 atom stereocenters. The Hall–Kier alpha value is -1.47. The van der Waals surface area contributed by atoms with Crippen LogP contribution >= 0.6 is 0 Å². The van der Waals surface area contributed by atoms with Gasteiger partial charge in [-0.3, -0.25) is 4.98 Å². The molecule has 1 spiro atoms. The number of rotatable bonds is 4. The van der Waals surface area contributed by atoms with Crippen LogP contribution in [0.2, 0.25) is 0 Å². The summed E-state index contributed by atoms with van der Waals surface area (Å²) in [7, 11) is 1.70. The minimum Gasteiger partial charge on any atom is -0.382 e. The summed E-state index contributed by atoms with van der Waals surface area (Å²) in [4.78, 5) is 6.84. The van der Waals surface area contributed by atoms with Crippen molar-refractivity contribution in [1.82, 2.24) is 4.98 Å². The number of methoxy groups -OCH3 is 1. The highest BCUT2D eigenvalue weighted by Gasteiger charge is 2.37. The maximum atomic E-state index is 5.76. The van der Waals surface area contributed by atoms with Crippen molar-refractivity contribution < 1.29 is 18.9 Å². The van der Waals surface area contributed by atoms with Crippen molar-refractivity contribution in [3.05, 3.63) is 30.1 Å². The Morgan fingerprint density at radius 1 is 1.33 bits per heavy atom. The fraction of sp³-hybridized carbons (Fsp3) is 0.611. The van der Waals surface area contributed by atoms with E-state index in [1.54, 1.807) is 7.11 Å². The minimum absolute atomic E-state index is 0.137. The van der Waals surface area contributed by atoms with Crippen LogP contribution < -0.4 is 4.90 Å². The van der Waals surface area contributed by atoms with E-state index in [1.165, 1.54) is 5.57 Å². The molecule has 6 nitrogen and oxygen atoms in total. The van der Waals surface area contributed by atoms with Crippen LogP contribution in [-0.4, -0.2) is 57.1 Å². The lowest BCUT2D eigenvalue weighted by atomic mass is 9.92. The summed E-state index contributed by atoms with van der Waals surface area (Å²) in [5.74, 6) is -0.368. The zero-order chi connectivity index (χ0) is 16.4. The predicted molar refractivity (Wildman–Crippen MR) is 89.7 cm³/mol. The van der Waals surface area contributed by atoms with Gasteiger partial charge in [0, 0.05) is 26.5 Å². The Bertz CT molecular complexity index is 596. The minimum atomic E-state index is -0.368. The van der Waals surface area contributed by atoms with Crippen LogP contribution in [0, 0.1) is 0 Å². The molecule has 6 heteroatoms. The molecule has 1 aromatic heterocycles. The lowest BCUT2D eigenvalue weighted by Crippen LogP contribution is -2.31. The summed E-state index contributed by atoms with van der Waals surface area (Å²) in [5.41, 5.74) is 3.41. The first-order valence-corrected chi connectivity index (χ1v) is 8.57. The Morgan fingerprint density at radius 3 is 2.88 bits per heavy atom. The summed E-state index contributed by atoms with van der Waals surface area (Å²) >= 11 is 0. The molecule has 0 radical (unpaired) electrons. The average molecular weight is 332 g/mol. The van der Waals surface area contributed by atoms with Crippen LogP contribution in [0.5, 0.6) is 0 Å². The van der Waals surface area contributed by atoms with Crippen LogP contribution in [0.25, 0.3) is 5.57 Å². The smallest absolute Gasteiger partial charge is 0.172 e. The molecule has 0 bridgehead atoms. The van der Waals surface area contributed by atoms with Gasteiger partial charge >= 0.3 is 0 Å². The number of allylic oxidation sites excluding steroid dienone is 1. The third-order valence-electron chi connectivity index (χ3n) is 4.93. The van der Waals surface area contributed by atoms with Crippen molar-refractivity contribution in [2.75, 3.05) is 45.1 Å². The van der Waals surface area contributed by atoms with E-state index >= 15 is 0 Å². The second-order valence-corrected chi connectivity index (χ2v) is 6.54. The highest BCUT2D eigenvalue weighted by atomic mass is 16.7. The molecule has 3 aliphatic rings. The Morgan fingerprint density at radius 2 is 2.21 bits per heavy atom. The van der Waals surface area contributed by atoms with E-state index in [4.69, 9.17) is 18.9 Å². The van der Waals surface area contributed by atoms with E-state index in [2.05, 4.69) is 28.1 Å². The van der Waals surface area contributed by atoms with Gasteiger partial charge in [0.05, 0.1) is 37.4 Å². The van der Waals surface area contributed by atoms with Gasteiger partial charge in [0.15, 0.2) is 5.79 Å². The standard InChI is InChI=1S/C18H24N2O4/c1-21-12-16-11-20(13-22-16)15-2-3-17(19-10-15)14-4-6-18(7-5-14)23-8-9-24-18/h2-4,10,16H,5-9,11-13H2,1H3. The molecule has 3 heterocycles. The van der Waals surface area contributed by atoms with Gasteiger partial charge in [-0.15, -0.1) is 0 Å². The molecular weight excluding hydrogens is 308 g/mol. The van der Waals surface area contributed by atoms with Crippen LogP contribution in [0.3, 0.4) is 0 Å². The fourth-order valence-corrected chi connectivity index (χ4v) is 3.58. The van der Waals surface area contributed by atoms with E-state index in [0.717, 1.165) is 37.2 Å². The molecule has 1 unspecified atom stereocenters. The van der Waals surface area contributed by atoms with Crippen molar-refractivity contribution in [3.8, 4) is 0 Å². The van der Waals surface area contributed by atoms with Gasteiger partial charge in [-0.05, 0) is 24.1 Å². The maximum Gasteiger partial charge on any atom is 0.172 e. The number of nitrogens with zero attached hydrogens (tertiary/aromatic N) is 2.